The Morgan fingerprint density at radius 3 is 1.80 bits per heavy atom. The van der Waals surface area contributed by atoms with E-state index in [-0.39, 0.29) is 25.4 Å². The molecule has 160 valence electrons. The van der Waals surface area contributed by atoms with Crippen LogP contribution < -0.4 is 18.9 Å². The van der Waals surface area contributed by atoms with Crippen molar-refractivity contribution in [3.63, 3.8) is 0 Å². The van der Waals surface area contributed by atoms with Crippen molar-refractivity contribution in [3.8, 4) is 23.0 Å². The van der Waals surface area contributed by atoms with Crippen molar-refractivity contribution in [2.45, 2.75) is 25.0 Å². The highest BCUT2D eigenvalue weighted by molar-refractivity contribution is 5.45. The molecule has 6 nitrogen and oxygen atoms in total. The van der Waals surface area contributed by atoms with Gasteiger partial charge >= 0.3 is 0 Å². The van der Waals surface area contributed by atoms with Crippen molar-refractivity contribution >= 4 is 0 Å². The zero-order valence-electron chi connectivity index (χ0n) is 17.0. The summed E-state index contributed by atoms with van der Waals surface area (Å²) in [7, 11) is 0. The van der Waals surface area contributed by atoms with Gasteiger partial charge in [-0.25, -0.2) is 0 Å². The fourth-order valence-electron chi connectivity index (χ4n) is 3.09. The van der Waals surface area contributed by atoms with Crippen LogP contribution in [0, 0.1) is 0 Å². The highest BCUT2D eigenvalue weighted by Gasteiger charge is 2.21. The highest BCUT2D eigenvalue weighted by atomic mass is 16.6. The van der Waals surface area contributed by atoms with E-state index in [0.29, 0.717) is 24.7 Å². The number of benzene rings is 2. The average Bonchev–Trinajstić information content (AvgIpc) is 2.79. The molecule has 0 saturated heterocycles. The van der Waals surface area contributed by atoms with Gasteiger partial charge < -0.3 is 29.2 Å². The molecule has 2 aliphatic heterocycles. The molecule has 0 aromatic heterocycles. The first-order valence-corrected chi connectivity index (χ1v) is 9.95. The first kappa shape index (κ1) is 21.7. The molecular formula is C24H28O6. The van der Waals surface area contributed by atoms with Crippen molar-refractivity contribution in [2.75, 3.05) is 26.4 Å². The lowest BCUT2D eigenvalue weighted by Gasteiger charge is -2.25. The molecule has 2 atom stereocenters. The molecular weight excluding hydrogens is 384 g/mol. The predicted molar refractivity (Wildman–Crippen MR) is 115 cm³/mol. The lowest BCUT2D eigenvalue weighted by atomic mass is 10.1. The van der Waals surface area contributed by atoms with Crippen LogP contribution in [0.2, 0.25) is 0 Å². The summed E-state index contributed by atoms with van der Waals surface area (Å²) in [5, 5.41) is 17.9. The number of ether oxygens (including phenoxy) is 4. The van der Waals surface area contributed by atoms with E-state index in [0.717, 1.165) is 35.5 Å². The Balaban J connectivity index is 0.000000171. The Hall–Kier alpha value is -2.96. The minimum absolute atomic E-state index is 0.0200. The van der Waals surface area contributed by atoms with E-state index in [9.17, 15) is 0 Å². The van der Waals surface area contributed by atoms with E-state index in [1.54, 1.807) is 0 Å². The van der Waals surface area contributed by atoms with Crippen LogP contribution in [0.3, 0.4) is 0 Å². The van der Waals surface area contributed by atoms with Crippen LogP contribution in [0.1, 0.15) is 11.1 Å². The summed E-state index contributed by atoms with van der Waals surface area (Å²) in [5.74, 6) is 2.90. The minimum atomic E-state index is -0.253. The summed E-state index contributed by atoms with van der Waals surface area (Å²) in [6.07, 6.45) is 4.82. The molecule has 0 bridgehead atoms. The lowest BCUT2D eigenvalue weighted by molar-refractivity contribution is 0.0455. The quantitative estimate of drug-likeness (QED) is 0.710. The summed E-state index contributed by atoms with van der Waals surface area (Å²) in [6.45, 7) is 8.14. The van der Waals surface area contributed by atoms with Gasteiger partial charge in [-0.2, -0.15) is 0 Å². The predicted octanol–water partition coefficient (Wildman–Crippen LogP) is 3.09. The first-order chi connectivity index (χ1) is 14.7. The third-order valence-corrected chi connectivity index (χ3v) is 4.62. The van der Waals surface area contributed by atoms with Crippen LogP contribution in [-0.4, -0.2) is 48.8 Å². The van der Waals surface area contributed by atoms with Gasteiger partial charge in [0.2, 0.25) is 0 Å². The van der Waals surface area contributed by atoms with E-state index >= 15 is 0 Å². The zero-order chi connectivity index (χ0) is 21.3. The Labute approximate surface area is 177 Å². The monoisotopic (exact) mass is 412 g/mol. The van der Waals surface area contributed by atoms with Gasteiger partial charge in [0.05, 0.1) is 13.2 Å². The summed E-state index contributed by atoms with van der Waals surface area (Å²) in [5.41, 5.74) is 2.28. The van der Waals surface area contributed by atoms with Crippen molar-refractivity contribution in [1.82, 2.24) is 0 Å². The normalized spacial score (nSPS) is 18.6. The molecule has 0 spiro atoms. The van der Waals surface area contributed by atoms with E-state index in [2.05, 4.69) is 13.2 Å². The molecule has 6 heteroatoms. The van der Waals surface area contributed by atoms with Crippen molar-refractivity contribution in [2.24, 2.45) is 0 Å². The second kappa shape index (κ2) is 10.7. The topological polar surface area (TPSA) is 77.4 Å². The maximum Gasteiger partial charge on any atom is 0.162 e. The fraction of sp³-hybridized carbons (Fsp3) is 0.333. The molecule has 30 heavy (non-hydrogen) atoms. The van der Waals surface area contributed by atoms with Gasteiger partial charge in [0.1, 0.15) is 13.2 Å². The van der Waals surface area contributed by atoms with Gasteiger partial charge in [0.15, 0.2) is 35.2 Å². The van der Waals surface area contributed by atoms with Gasteiger partial charge in [0, 0.05) is 0 Å². The first-order valence-electron chi connectivity index (χ1n) is 9.95. The third kappa shape index (κ3) is 5.55. The summed E-state index contributed by atoms with van der Waals surface area (Å²) < 4.78 is 22.0. The van der Waals surface area contributed by atoms with Crippen LogP contribution in [0.5, 0.6) is 23.0 Å². The van der Waals surface area contributed by atoms with Crippen molar-refractivity contribution in [1.29, 1.82) is 0 Å². The number of aliphatic hydroxyl groups excluding tert-OH is 2. The summed E-state index contributed by atoms with van der Waals surface area (Å²) in [6, 6.07) is 11.6. The minimum Gasteiger partial charge on any atom is -0.486 e. The van der Waals surface area contributed by atoms with Crippen LogP contribution >= 0.6 is 0 Å². The standard InChI is InChI=1S/2C12H14O3/c1-2-3-9-4-5-11-12(6-9)14-8-10(7-13)15-11;1-2-3-9-4-5-11-12(6-9)15-10(7-13)8-14-11/h2*2,4-6,10,13H,1,3,7-8H2. The summed E-state index contributed by atoms with van der Waals surface area (Å²) in [4.78, 5) is 0. The maximum atomic E-state index is 8.97. The molecule has 2 aromatic rings. The second-order valence-corrected chi connectivity index (χ2v) is 7.01. The average molecular weight is 412 g/mol. The lowest BCUT2D eigenvalue weighted by Crippen LogP contribution is -2.32. The van der Waals surface area contributed by atoms with E-state index in [1.165, 1.54) is 0 Å². The van der Waals surface area contributed by atoms with E-state index < -0.39 is 0 Å². The number of aliphatic hydroxyl groups is 2. The van der Waals surface area contributed by atoms with E-state index in [4.69, 9.17) is 29.2 Å². The molecule has 2 heterocycles. The van der Waals surface area contributed by atoms with Gasteiger partial charge in [-0.3, -0.25) is 0 Å². The number of rotatable bonds is 6. The number of hydrogen-bond acceptors (Lipinski definition) is 6. The highest BCUT2D eigenvalue weighted by Crippen LogP contribution is 2.33. The zero-order valence-corrected chi connectivity index (χ0v) is 17.0. The van der Waals surface area contributed by atoms with E-state index in [1.807, 2.05) is 48.6 Å². The molecule has 4 rings (SSSR count). The SMILES string of the molecule is C=CCc1ccc2c(c1)OC(CO)CO2.C=CCc1ccc2c(c1)OCC(CO)O2. The molecule has 0 amide bonds. The Kier molecular flexibility index (Phi) is 7.76. The Morgan fingerprint density at radius 1 is 0.733 bits per heavy atom. The second-order valence-electron chi connectivity index (χ2n) is 7.01. The summed E-state index contributed by atoms with van der Waals surface area (Å²) >= 11 is 0. The number of hydrogen-bond donors (Lipinski definition) is 2. The molecule has 2 unspecified atom stereocenters. The largest absolute Gasteiger partial charge is 0.486 e. The maximum absolute atomic E-state index is 8.97. The van der Waals surface area contributed by atoms with Crippen LogP contribution in [0.25, 0.3) is 0 Å². The molecule has 0 fully saturated rings. The van der Waals surface area contributed by atoms with Crippen molar-refractivity contribution < 1.29 is 29.2 Å². The van der Waals surface area contributed by atoms with Gasteiger partial charge in [-0.15, -0.1) is 13.2 Å². The van der Waals surface area contributed by atoms with Crippen LogP contribution in [0.15, 0.2) is 61.7 Å². The third-order valence-electron chi connectivity index (χ3n) is 4.62. The molecule has 0 radical (unpaired) electrons. The molecule has 0 saturated carbocycles. The molecule has 2 aliphatic rings. The van der Waals surface area contributed by atoms with Crippen LogP contribution in [-0.2, 0) is 12.8 Å². The molecule has 2 N–H and O–H groups in total. The van der Waals surface area contributed by atoms with Gasteiger partial charge in [-0.05, 0) is 48.2 Å². The number of allylic oxidation sites excluding steroid dienone is 2. The van der Waals surface area contributed by atoms with Crippen LogP contribution in [0.4, 0.5) is 0 Å². The fourth-order valence-corrected chi connectivity index (χ4v) is 3.09. The number of fused-ring (bicyclic) bond motifs is 2. The van der Waals surface area contributed by atoms with Gasteiger partial charge in [-0.1, -0.05) is 24.3 Å². The Morgan fingerprint density at radius 2 is 1.23 bits per heavy atom. The molecule has 0 aliphatic carbocycles. The molecule has 2 aromatic carbocycles. The smallest absolute Gasteiger partial charge is 0.162 e. The Bertz CT molecular complexity index is 863. The van der Waals surface area contributed by atoms with Crippen molar-refractivity contribution in [3.05, 3.63) is 72.8 Å². The van der Waals surface area contributed by atoms with Gasteiger partial charge in [0.25, 0.3) is 0 Å².